The predicted molar refractivity (Wildman–Crippen MR) is 74.4 cm³/mol. The first-order valence-electron chi connectivity index (χ1n) is 6.10. The van der Waals surface area contributed by atoms with Crippen molar-refractivity contribution in [3.8, 4) is 0 Å². The van der Waals surface area contributed by atoms with Crippen LogP contribution in [-0.4, -0.2) is 54.0 Å². The molecule has 5 N–H and O–H groups in total. The Kier molecular flexibility index (Phi) is 4.71. The van der Waals surface area contributed by atoms with Crippen LogP contribution in [0.25, 0.3) is 0 Å². The van der Waals surface area contributed by atoms with Crippen molar-refractivity contribution in [1.29, 1.82) is 0 Å². The number of aromatic nitrogens is 2. The molecule has 1 fully saturated rings. The Hall–Kier alpha value is -0.910. The van der Waals surface area contributed by atoms with Crippen molar-refractivity contribution in [1.82, 2.24) is 9.55 Å². The minimum Gasteiger partial charge on any atom is -0.387 e. The van der Waals surface area contributed by atoms with Gasteiger partial charge in [0.05, 0.1) is 6.61 Å². The lowest BCUT2D eigenvalue weighted by Crippen LogP contribution is -2.46. The van der Waals surface area contributed by atoms with Gasteiger partial charge in [0, 0.05) is 6.20 Å². The zero-order valence-corrected chi connectivity index (χ0v) is 13.0. The molecular weight excluding hydrogens is 339 g/mol. The van der Waals surface area contributed by atoms with E-state index >= 15 is 0 Å². The number of aliphatic hydroxyl groups excluding tert-OH is 1. The van der Waals surface area contributed by atoms with E-state index in [-0.39, 0.29) is 4.64 Å². The van der Waals surface area contributed by atoms with E-state index in [0.29, 0.717) is 0 Å². The van der Waals surface area contributed by atoms with Crippen LogP contribution in [0.3, 0.4) is 0 Å². The number of rotatable bonds is 4. The van der Waals surface area contributed by atoms with Crippen molar-refractivity contribution < 1.29 is 33.8 Å². The number of hydrogen-bond donors (Lipinski definition) is 5. The fourth-order valence-corrected chi connectivity index (χ4v) is 2.65. The second-order valence-corrected chi connectivity index (χ2v) is 6.68. The quantitative estimate of drug-likeness (QED) is 0.339. The first kappa shape index (κ1) is 17.4. The van der Waals surface area contributed by atoms with Crippen LogP contribution in [0.2, 0.25) is 0 Å². The largest absolute Gasteiger partial charge is 0.469 e. The van der Waals surface area contributed by atoms with Crippen LogP contribution >= 0.6 is 20.0 Å². The SMILES string of the molecule is C[C@@]1(O)[C@H](O)[C@@H](COP(=O)(O)O)O[C@H]1n1ccc(=S)[nH]c1=O. The number of ether oxygens (including phenoxy) is 1. The fraction of sp³-hybridized carbons (Fsp3) is 0.600. The van der Waals surface area contributed by atoms with Crippen LogP contribution in [0.5, 0.6) is 0 Å². The van der Waals surface area contributed by atoms with E-state index < -0.39 is 44.2 Å². The molecule has 1 aromatic rings. The molecule has 0 aromatic carbocycles. The van der Waals surface area contributed by atoms with Gasteiger partial charge in [0.1, 0.15) is 22.4 Å². The maximum absolute atomic E-state index is 11.9. The third-order valence-electron chi connectivity index (χ3n) is 3.27. The average Bonchev–Trinajstić information content (AvgIpc) is 2.59. The zero-order chi connectivity index (χ0) is 16.7. The van der Waals surface area contributed by atoms with E-state index in [1.54, 1.807) is 0 Å². The third-order valence-corrected chi connectivity index (χ3v) is 3.99. The molecule has 0 amide bonds. The molecule has 2 heterocycles. The van der Waals surface area contributed by atoms with Gasteiger partial charge in [-0.15, -0.1) is 0 Å². The Labute approximate surface area is 129 Å². The number of H-pyrrole nitrogens is 1. The first-order valence-corrected chi connectivity index (χ1v) is 8.03. The molecule has 0 unspecified atom stereocenters. The average molecular weight is 354 g/mol. The molecule has 4 atom stereocenters. The van der Waals surface area contributed by atoms with Gasteiger partial charge in [-0.1, -0.05) is 12.2 Å². The summed E-state index contributed by atoms with van der Waals surface area (Å²) in [5.41, 5.74) is -2.55. The lowest BCUT2D eigenvalue weighted by atomic mass is 9.96. The summed E-state index contributed by atoms with van der Waals surface area (Å²) in [5.74, 6) is 0. The zero-order valence-electron chi connectivity index (χ0n) is 11.3. The van der Waals surface area contributed by atoms with Gasteiger partial charge < -0.3 is 24.7 Å². The lowest BCUT2D eigenvalue weighted by molar-refractivity contribution is -0.0986. The highest BCUT2D eigenvalue weighted by Gasteiger charge is 2.53. The lowest BCUT2D eigenvalue weighted by Gasteiger charge is -2.27. The maximum Gasteiger partial charge on any atom is 0.469 e. The van der Waals surface area contributed by atoms with Crippen LogP contribution < -0.4 is 5.69 Å². The minimum absolute atomic E-state index is 0.181. The van der Waals surface area contributed by atoms with E-state index in [4.69, 9.17) is 26.7 Å². The topological polar surface area (TPSA) is 154 Å². The fourth-order valence-electron chi connectivity index (χ4n) is 2.16. The molecule has 10 nitrogen and oxygen atoms in total. The number of aliphatic hydroxyl groups is 2. The summed E-state index contributed by atoms with van der Waals surface area (Å²) in [6, 6.07) is 1.39. The van der Waals surface area contributed by atoms with E-state index in [9.17, 15) is 19.6 Å². The summed E-state index contributed by atoms with van der Waals surface area (Å²) in [7, 11) is -4.76. The smallest absolute Gasteiger partial charge is 0.387 e. The van der Waals surface area contributed by atoms with Crippen LogP contribution in [-0.2, 0) is 13.8 Å². The van der Waals surface area contributed by atoms with Gasteiger partial charge in [0.25, 0.3) is 0 Å². The van der Waals surface area contributed by atoms with E-state index in [2.05, 4.69) is 9.51 Å². The molecule has 0 radical (unpaired) electrons. The molecule has 22 heavy (non-hydrogen) atoms. The van der Waals surface area contributed by atoms with Crippen LogP contribution in [0.1, 0.15) is 13.2 Å². The second-order valence-electron chi connectivity index (χ2n) is 5.00. The number of phosphoric ester groups is 1. The first-order chi connectivity index (χ1) is 10.0. The van der Waals surface area contributed by atoms with Crippen LogP contribution in [0.4, 0.5) is 0 Å². The van der Waals surface area contributed by atoms with Gasteiger partial charge in [0.2, 0.25) is 0 Å². The Morgan fingerprint density at radius 2 is 2.23 bits per heavy atom. The highest BCUT2D eigenvalue weighted by Crippen LogP contribution is 2.41. The molecule has 1 aliphatic rings. The van der Waals surface area contributed by atoms with Crippen LogP contribution in [0, 0.1) is 4.64 Å². The highest BCUT2D eigenvalue weighted by molar-refractivity contribution is 7.71. The molecule has 1 saturated heterocycles. The van der Waals surface area contributed by atoms with Crippen molar-refractivity contribution >= 4 is 20.0 Å². The normalized spacial score (nSPS) is 32.3. The van der Waals surface area contributed by atoms with E-state index in [1.165, 1.54) is 19.2 Å². The summed E-state index contributed by atoms with van der Waals surface area (Å²) < 4.78 is 21.5. The molecule has 0 bridgehead atoms. The highest BCUT2D eigenvalue weighted by atomic mass is 32.1. The molecular formula is C10H15N2O8PS. The molecule has 12 heteroatoms. The summed E-state index contributed by atoms with van der Waals surface area (Å²) >= 11 is 4.79. The van der Waals surface area contributed by atoms with Gasteiger partial charge in [0.15, 0.2) is 6.23 Å². The molecule has 2 rings (SSSR count). The summed E-state index contributed by atoms with van der Waals surface area (Å²) in [4.78, 5) is 31.5. The number of hydrogen-bond acceptors (Lipinski definition) is 7. The minimum atomic E-state index is -4.76. The number of nitrogens with zero attached hydrogens (tertiary/aromatic N) is 1. The van der Waals surface area contributed by atoms with Crippen molar-refractivity contribution in [3.05, 3.63) is 27.4 Å². The monoisotopic (exact) mass is 354 g/mol. The maximum atomic E-state index is 11.9. The van der Waals surface area contributed by atoms with Gasteiger partial charge in [-0.25, -0.2) is 9.36 Å². The van der Waals surface area contributed by atoms with Gasteiger partial charge in [-0.2, -0.15) is 0 Å². The third kappa shape index (κ3) is 3.53. The molecule has 0 saturated carbocycles. The van der Waals surface area contributed by atoms with Gasteiger partial charge in [-0.05, 0) is 13.0 Å². The van der Waals surface area contributed by atoms with Crippen molar-refractivity contribution in [2.45, 2.75) is 31.0 Å². The van der Waals surface area contributed by atoms with Crippen molar-refractivity contribution in [2.24, 2.45) is 0 Å². The number of phosphoric acid groups is 1. The van der Waals surface area contributed by atoms with Crippen molar-refractivity contribution in [3.63, 3.8) is 0 Å². The second kappa shape index (κ2) is 5.95. The predicted octanol–water partition coefficient (Wildman–Crippen LogP) is -0.976. The number of aromatic amines is 1. The molecule has 1 aliphatic heterocycles. The molecule has 1 aromatic heterocycles. The van der Waals surface area contributed by atoms with Crippen LogP contribution in [0.15, 0.2) is 17.1 Å². The Morgan fingerprint density at radius 3 is 2.77 bits per heavy atom. The molecule has 124 valence electrons. The standard InChI is InChI=1S/C10H15N2O8PS/c1-10(15)7(13)5(4-19-21(16,17)18)20-8(10)12-3-2-6(22)11-9(12)14/h2-3,5,7-8,13,15H,4H2,1H3,(H,11,14,22)(H2,16,17,18)/t5-,7-,8-,10-/m1/s1. The van der Waals surface area contributed by atoms with E-state index in [1.807, 2.05) is 0 Å². The van der Waals surface area contributed by atoms with Crippen molar-refractivity contribution in [2.75, 3.05) is 6.61 Å². The summed E-state index contributed by atoms with van der Waals surface area (Å²) in [5, 5.41) is 20.4. The Morgan fingerprint density at radius 1 is 1.59 bits per heavy atom. The molecule has 0 aliphatic carbocycles. The molecule has 0 spiro atoms. The van der Waals surface area contributed by atoms with Gasteiger partial charge >= 0.3 is 13.5 Å². The van der Waals surface area contributed by atoms with Gasteiger partial charge in [-0.3, -0.25) is 14.1 Å². The Bertz CT molecular complexity index is 709. The number of nitrogens with one attached hydrogen (secondary N) is 1. The van der Waals surface area contributed by atoms with E-state index in [0.717, 1.165) is 4.57 Å². The summed E-state index contributed by atoms with van der Waals surface area (Å²) in [6.07, 6.45) is -2.77. The summed E-state index contributed by atoms with van der Waals surface area (Å²) in [6.45, 7) is 0.573. The Balaban J connectivity index is 2.28.